The van der Waals surface area contributed by atoms with E-state index in [0.717, 1.165) is 36.0 Å². The highest BCUT2D eigenvalue weighted by Gasteiger charge is 2.19. The lowest BCUT2D eigenvalue weighted by molar-refractivity contribution is -0.109. The lowest BCUT2D eigenvalue weighted by Crippen LogP contribution is -2.51. The number of nitrogens with one attached hydrogen (secondary N) is 1. The predicted molar refractivity (Wildman–Crippen MR) is 71.8 cm³/mol. The van der Waals surface area contributed by atoms with Gasteiger partial charge in [0.1, 0.15) is 6.29 Å². The van der Waals surface area contributed by atoms with E-state index >= 15 is 0 Å². The second-order valence-electron chi connectivity index (χ2n) is 4.53. The average Bonchev–Trinajstić information content (AvgIpc) is 2.47. The van der Waals surface area contributed by atoms with Crippen LogP contribution in [0.1, 0.15) is 0 Å². The molecule has 0 aliphatic carbocycles. The maximum Gasteiger partial charge on any atom is 0.138 e. The fraction of sp³-hybridized carbons (Fsp3) is 0.286. The summed E-state index contributed by atoms with van der Waals surface area (Å²) in [6, 6.07) is 10.1. The first kappa shape index (κ1) is 11.2. The molecule has 0 radical (unpaired) electrons. The zero-order chi connectivity index (χ0) is 12.4. The van der Waals surface area contributed by atoms with Crippen molar-refractivity contribution in [3.63, 3.8) is 0 Å². The Kier molecular flexibility index (Phi) is 2.94. The molecule has 2 heterocycles. The topological polar surface area (TPSA) is 45.2 Å². The Hall–Kier alpha value is -1.94. The van der Waals surface area contributed by atoms with Crippen LogP contribution in [0.3, 0.4) is 0 Å². The van der Waals surface area contributed by atoms with Gasteiger partial charge < -0.3 is 15.0 Å². The zero-order valence-corrected chi connectivity index (χ0v) is 10.0. The molecular weight excluding hydrogens is 226 g/mol. The van der Waals surface area contributed by atoms with Crippen LogP contribution in [0.5, 0.6) is 0 Å². The number of aromatic nitrogens is 1. The summed E-state index contributed by atoms with van der Waals surface area (Å²) in [5, 5.41) is 4.31. The smallest absolute Gasteiger partial charge is 0.138 e. The van der Waals surface area contributed by atoms with Gasteiger partial charge in [-0.3, -0.25) is 4.98 Å². The monoisotopic (exact) mass is 241 g/mol. The van der Waals surface area contributed by atoms with Gasteiger partial charge in [0, 0.05) is 25.0 Å². The Morgan fingerprint density at radius 3 is 3.17 bits per heavy atom. The molecular formula is C14H15N3O. The van der Waals surface area contributed by atoms with Crippen LogP contribution in [0.15, 0.2) is 36.5 Å². The van der Waals surface area contributed by atoms with Gasteiger partial charge in [-0.05, 0) is 12.1 Å². The fourth-order valence-corrected chi connectivity index (χ4v) is 2.34. The molecule has 0 amide bonds. The van der Waals surface area contributed by atoms with Crippen molar-refractivity contribution in [1.29, 1.82) is 0 Å². The summed E-state index contributed by atoms with van der Waals surface area (Å²) < 4.78 is 0. The summed E-state index contributed by atoms with van der Waals surface area (Å²) in [6.07, 6.45) is 2.86. The van der Waals surface area contributed by atoms with Crippen molar-refractivity contribution in [2.24, 2.45) is 0 Å². The quantitative estimate of drug-likeness (QED) is 0.803. The first-order chi connectivity index (χ1) is 8.86. The summed E-state index contributed by atoms with van der Waals surface area (Å²) >= 11 is 0. The van der Waals surface area contributed by atoms with Crippen molar-refractivity contribution < 1.29 is 4.79 Å². The van der Waals surface area contributed by atoms with Crippen LogP contribution in [-0.4, -0.2) is 36.9 Å². The van der Waals surface area contributed by atoms with Crippen molar-refractivity contribution in [2.45, 2.75) is 6.04 Å². The van der Waals surface area contributed by atoms with E-state index in [-0.39, 0.29) is 6.04 Å². The second kappa shape index (κ2) is 4.74. The van der Waals surface area contributed by atoms with Crippen molar-refractivity contribution >= 4 is 22.9 Å². The van der Waals surface area contributed by atoms with Crippen molar-refractivity contribution in [3.05, 3.63) is 36.5 Å². The first-order valence-electron chi connectivity index (χ1n) is 6.15. The molecule has 1 aliphatic heterocycles. The first-order valence-corrected chi connectivity index (χ1v) is 6.15. The van der Waals surface area contributed by atoms with E-state index in [1.807, 2.05) is 24.4 Å². The molecule has 1 unspecified atom stereocenters. The molecule has 1 atom stereocenters. The molecule has 2 aromatic rings. The van der Waals surface area contributed by atoms with E-state index in [0.29, 0.717) is 6.54 Å². The molecule has 1 fully saturated rings. The van der Waals surface area contributed by atoms with Gasteiger partial charge >= 0.3 is 0 Å². The van der Waals surface area contributed by atoms with Crippen LogP contribution in [0.2, 0.25) is 0 Å². The summed E-state index contributed by atoms with van der Waals surface area (Å²) in [7, 11) is 0. The van der Waals surface area contributed by atoms with Gasteiger partial charge in [0.05, 0.1) is 23.4 Å². The van der Waals surface area contributed by atoms with Gasteiger partial charge in [-0.1, -0.05) is 18.2 Å². The molecule has 4 heteroatoms. The molecule has 1 aromatic carbocycles. The molecule has 1 saturated heterocycles. The number of hydrogen-bond donors (Lipinski definition) is 1. The lowest BCUT2D eigenvalue weighted by atomic mass is 10.1. The minimum absolute atomic E-state index is 0.0785. The fourth-order valence-electron chi connectivity index (χ4n) is 2.34. The summed E-state index contributed by atoms with van der Waals surface area (Å²) in [5.74, 6) is 0. The van der Waals surface area contributed by atoms with Crippen molar-refractivity contribution in [3.8, 4) is 0 Å². The zero-order valence-electron chi connectivity index (χ0n) is 10.0. The highest BCUT2D eigenvalue weighted by molar-refractivity contribution is 5.81. The Bertz CT molecular complexity index is 570. The molecule has 1 aliphatic rings. The molecule has 18 heavy (non-hydrogen) atoms. The Balaban J connectivity index is 1.91. The number of para-hydroxylation sites is 1. The number of aldehydes is 1. The third kappa shape index (κ3) is 2.07. The maximum atomic E-state index is 10.8. The lowest BCUT2D eigenvalue weighted by Gasteiger charge is -2.32. The summed E-state index contributed by atoms with van der Waals surface area (Å²) in [4.78, 5) is 17.5. The molecule has 92 valence electrons. The van der Waals surface area contributed by atoms with Gasteiger partial charge in [-0.15, -0.1) is 0 Å². The van der Waals surface area contributed by atoms with E-state index in [1.165, 1.54) is 0 Å². The van der Waals surface area contributed by atoms with E-state index in [9.17, 15) is 4.79 Å². The number of benzene rings is 1. The minimum atomic E-state index is -0.0785. The SMILES string of the molecule is O=CC1CN(c2cnc3ccccc3c2)CCN1. The van der Waals surface area contributed by atoms with Gasteiger partial charge in [-0.25, -0.2) is 0 Å². The van der Waals surface area contributed by atoms with Crippen LogP contribution < -0.4 is 10.2 Å². The van der Waals surface area contributed by atoms with Gasteiger partial charge in [-0.2, -0.15) is 0 Å². The molecule has 0 spiro atoms. The van der Waals surface area contributed by atoms with E-state index < -0.39 is 0 Å². The van der Waals surface area contributed by atoms with Crippen LogP contribution in [0, 0.1) is 0 Å². The minimum Gasteiger partial charge on any atom is -0.367 e. The Morgan fingerprint density at radius 1 is 1.39 bits per heavy atom. The average molecular weight is 241 g/mol. The van der Waals surface area contributed by atoms with Crippen LogP contribution in [0.25, 0.3) is 10.9 Å². The number of pyridine rings is 1. The number of carbonyl (C=O) groups excluding carboxylic acids is 1. The summed E-state index contributed by atoms with van der Waals surface area (Å²) in [5.41, 5.74) is 2.09. The van der Waals surface area contributed by atoms with Gasteiger partial charge in [0.25, 0.3) is 0 Å². The van der Waals surface area contributed by atoms with Crippen LogP contribution in [-0.2, 0) is 4.79 Å². The number of piperazine rings is 1. The number of carbonyl (C=O) groups is 1. The molecule has 4 nitrogen and oxygen atoms in total. The molecule has 1 aromatic heterocycles. The van der Waals surface area contributed by atoms with Crippen molar-refractivity contribution in [1.82, 2.24) is 10.3 Å². The maximum absolute atomic E-state index is 10.8. The van der Waals surface area contributed by atoms with E-state index in [2.05, 4.69) is 27.3 Å². The third-order valence-electron chi connectivity index (χ3n) is 3.31. The number of fused-ring (bicyclic) bond motifs is 1. The molecule has 1 N–H and O–H groups in total. The van der Waals surface area contributed by atoms with E-state index in [1.54, 1.807) is 0 Å². The standard InChI is InChI=1S/C14H15N3O/c18-10-12-9-17(6-5-15-12)13-7-11-3-1-2-4-14(11)16-8-13/h1-4,7-8,10,12,15H,5-6,9H2. The number of hydrogen-bond acceptors (Lipinski definition) is 4. The summed E-state index contributed by atoms with van der Waals surface area (Å²) in [6.45, 7) is 2.45. The number of anilines is 1. The van der Waals surface area contributed by atoms with Crippen molar-refractivity contribution in [2.75, 3.05) is 24.5 Å². The number of nitrogens with zero attached hydrogens (tertiary/aromatic N) is 2. The Labute approximate surface area is 106 Å². The van der Waals surface area contributed by atoms with Gasteiger partial charge in [0.15, 0.2) is 0 Å². The second-order valence-corrected chi connectivity index (χ2v) is 4.53. The molecule has 3 rings (SSSR count). The number of rotatable bonds is 2. The largest absolute Gasteiger partial charge is 0.367 e. The van der Waals surface area contributed by atoms with Crippen LogP contribution >= 0.6 is 0 Å². The molecule has 0 saturated carbocycles. The van der Waals surface area contributed by atoms with Gasteiger partial charge in [0.2, 0.25) is 0 Å². The molecule has 0 bridgehead atoms. The predicted octanol–water partition coefficient (Wildman–Crippen LogP) is 1.21. The van der Waals surface area contributed by atoms with Crippen LogP contribution in [0.4, 0.5) is 5.69 Å². The Morgan fingerprint density at radius 2 is 2.28 bits per heavy atom. The third-order valence-corrected chi connectivity index (χ3v) is 3.31. The van der Waals surface area contributed by atoms with E-state index in [4.69, 9.17) is 0 Å². The normalized spacial score (nSPS) is 20.0. The highest BCUT2D eigenvalue weighted by atomic mass is 16.1. The highest BCUT2D eigenvalue weighted by Crippen LogP contribution is 2.20.